The highest BCUT2D eigenvalue weighted by Gasteiger charge is 2.36. The van der Waals surface area contributed by atoms with Crippen LogP contribution in [-0.4, -0.2) is 43.3 Å². The van der Waals surface area contributed by atoms with Gasteiger partial charge in [-0.25, -0.2) is 0 Å². The number of carbonyl (C=O) groups is 2. The zero-order valence-electron chi connectivity index (χ0n) is 17.4. The van der Waals surface area contributed by atoms with Crippen molar-refractivity contribution in [1.29, 1.82) is 0 Å². The maximum Gasteiger partial charge on any atom is 0.207 e. The molecule has 1 spiro atoms. The summed E-state index contributed by atoms with van der Waals surface area (Å²) in [4.78, 5) is 22.4. The van der Waals surface area contributed by atoms with E-state index in [9.17, 15) is 9.59 Å². The molecule has 1 saturated heterocycles. The van der Waals surface area contributed by atoms with Crippen LogP contribution in [0.3, 0.4) is 0 Å². The lowest BCUT2D eigenvalue weighted by atomic mass is 9.66. The molecule has 2 fully saturated rings. The molecule has 1 saturated carbocycles. The molecule has 4 heteroatoms. The van der Waals surface area contributed by atoms with Gasteiger partial charge in [-0.2, -0.15) is 0 Å². The number of hydrogen-bond donors (Lipinski definition) is 1. The van der Waals surface area contributed by atoms with Crippen LogP contribution in [0.15, 0.2) is 0 Å². The van der Waals surface area contributed by atoms with Gasteiger partial charge in [0.1, 0.15) is 6.29 Å². The molecule has 0 bridgehead atoms. The van der Waals surface area contributed by atoms with Gasteiger partial charge in [0.15, 0.2) is 0 Å². The molecule has 0 atom stereocenters. The minimum Gasteiger partial charge on any atom is -0.357 e. The summed E-state index contributed by atoms with van der Waals surface area (Å²) in [5, 5.41) is 2.53. The average molecular weight is 355 g/mol. The summed E-state index contributed by atoms with van der Waals surface area (Å²) >= 11 is 0. The molecule has 2 aliphatic rings. The van der Waals surface area contributed by atoms with Crippen molar-refractivity contribution in [2.24, 2.45) is 11.3 Å². The number of nitrogens with zero attached hydrogens (tertiary/aromatic N) is 1. The maximum atomic E-state index is 10.3. The summed E-state index contributed by atoms with van der Waals surface area (Å²) in [6.07, 6.45) is 12.2. The smallest absolute Gasteiger partial charge is 0.207 e. The summed E-state index contributed by atoms with van der Waals surface area (Å²) in [5.74, 6) is 0.964. The Morgan fingerprint density at radius 3 is 2.04 bits per heavy atom. The average Bonchev–Trinajstić information content (AvgIpc) is 2.62. The maximum absolute atomic E-state index is 10.3. The highest BCUT2D eigenvalue weighted by molar-refractivity contribution is 5.49. The lowest BCUT2D eigenvalue weighted by Gasteiger charge is -2.45. The van der Waals surface area contributed by atoms with E-state index < -0.39 is 0 Å². The van der Waals surface area contributed by atoms with E-state index in [1.165, 1.54) is 51.6 Å². The third kappa shape index (κ3) is 10.6. The topological polar surface area (TPSA) is 49.4 Å². The van der Waals surface area contributed by atoms with Crippen molar-refractivity contribution < 1.29 is 9.59 Å². The third-order valence-corrected chi connectivity index (χ3v) is 5.45. The van der Waals surface area contributed by atoms with Crippen molar-refractivity contribution in [3.05, 3.63) is 0 Å². The van der Waals surface area contributed by atoms with Gasteiger partial charge >= 0.3 is 0 Å². The number of nitrogens with one attached hydrogen (secondary N) is 1. The van der Waals surface area contributed by atoms with Gasteiger partial charge in [-0.1, -0.05) is 33.6 Å². The van der Waals surface area contributed by atoms with Gasteiger partial charge < -0.3 is 15.0 Å². The van der Waals surface area contributed by atoms with Crippen molar-refractivity contribution in [3.63, 3.8) is 0 Å². The van der Waals surface area contributed by atoms with E-state index >= 15 is 0 Å². The highest BCUT2D eigenvalue weighted by atomic mass is 16.1. The summed E-state index contributed by atoms with van der Waals surface area (Å²) in [5.41, 5.74) is 0.702. The Morgan fingerprint density at radius 2 is 1.64 bits per heavy atom. The quantitative estimate of drug-likeness (QED) is 0.567. The second-order valence-corrected chi connectivity index (χ2v) is 7.77. The number of amides is 1. The number of aldehydes is 1. The van der Waals surface area contributed by atoms with Gasteiger partial charge in [-0.3, -0.25) is 4.79 Å². The molecular formula is C21H42N2O2. The minimum absolute atomic E-state index is 0.280. The zero-order chi connectivity index (χ0) is 19.1. The van der Waals surface area contributed by atoms with E-state index in [4.69, 9.17) is 0 Å². The van der Waals surface area contributed by atoms with Crippen molar-refractivity contribution in [2.75, 3.05) is 19.6 Å². The van der Waals surface area contributed by atoms with Crippen LogP contribution in [0.5, 0.6) is 0 Å². The van der Waals surface area contributed by atoms with Crippen LogP contribution < -0.4 is 5.32 Å². The predicted molar refractivity (Wildman–Crippen MR) is 107 cm³/mol. The monoisotopic (exact) mass is 354 g/mol. The molecule has 1 heterocycles. The first-order valence-corrected chi connectivity index (χ1v) is 10.4. The Hall–Kier alpha value is -0.900. The molecule has 0 radical (unpaired) electrons. The molecule has 0 aromatic carbocycles. The first-order valence-electron chi connectivity index (χ1n) is 10.4. The fourth-order valence-electron chi connectivity index (χ4n) is 3.66. The summed E-state index contributed by atoms with van der Waals surface area (Å²) < 4.78 is 0. The Balaban J connectivity index is 0.000000614. The largest absolute Gasteiger partial charge is 0.357 e. The minimum atomic E-state index is 0.280. The number of piperidine rings is 1. The van der Waals surface area contributed by atoms with E-state index in [0.717, 1.165) is 31.6 Å². The predicted octanol–water partition coefficient (Wildman–Crippen LogP) is 4.42. The molecule has 148 valence electrons. The number of carbonyl (C=O) groups excluding carboxylic acids is 2. The second kappa shape index (κ2) is 14.3. The Kier molecular flexibility index (Phi) is 13.8. The van der Waals surface area contributed by atoms with Gasteiger partial charge in [0, 0.05) is 12.5 Å². The fraction of sp³-hybridized carbons (Fsp3) is 0.905. The first kappa shape index (κ1) is 24.1. The molecule has 0 aromatic rings. The molecule has 1 aliphatic heterocycles. The van der Waals surface area contributed by atoms with Gasteiger partial charge in [-0.15, -0.1) is 0 Å². The molecular weight excluding hydrogens is 312 g/mol. The molecule has 1 N–H and O–H groups in total. The van der Waals surface area contributed by atoms with Crippen LogP contribution in [0.25, 0.3) is 0 Å². The molecule has 1 amide bonds. The molecule has 0 unspecified atom stereocenters. The van der Waals surface area contributed by atoms with E-state index in [2.05, 4.69) is 17.1 Å². The molecule has 1 aliphatic carbocycles. The Labute approximate surface area is 156 Å². The highest BCUT2D eigenvalue weighted by Crippen LogP contribution is 2.46. The van der Waals surface area contributed by atoms with Gasteiger partial charge in [0.2, 0.25) is 6.41 Å². The van der Waals surface area contributed by atoms with E-state index in [-0.39, 0.29) is 6.04 Å². The van der Waals surface area contributed by atoms with Crippen molar-refractivity contribution in [3.8, 4) is 0 Å². The Morgan fingerprint density at radius 1 is 1.08 bits per heavy atom. The lowest BCUT2D eigenvalue weighted by molar-refractivity contribution is -0.110. The van der Waals surface area contributed by atoms with Gasteiger partial charge in [-0.05, 0) is 76.9 Å². The summed E-state index contributed by atoms with van der Waals surface area (Å²) in [6, 6.07) is 0.280. The molecule has 4 nitrogen and oxygen atoms in total. The van der Waals surface area contributed by atoms with Crippen molar-refractivity contribution in [1.82, 2.24) is 10.2 Å². The fourth-order valence-corrected chi connectivity index (χ4v) is 3.66. The van der Waals surface area contributed by atoms with E-state index in [0.29, 0.717) is 11.8 Å². The standard InChI is InChI=1S/C15H27NO.C4H9NO.C2H6/c1-14-4-6-15(7-5-14)8-11-16(12-9-15)10-2-3-13-17;1-4(2)5-3-6;1-2/h13-14H,2-12H2,1H3;3-4H,1-2H3,(H,5,6);1-2H3. The molecule has 0 aromatic heterocycles. The summed E-state index contributed by atoms with van der Waals surface area (Å²) in [6.45, 7) is 13.9. The normalized spacial score (nSPS) is 20.1. The SMILES string of the molecule is CC.CC(C)NC=O.CC1CCC2(CC1)CCN(CCCC=O)CC2. The van der Waals surface area contributed by atoms with E-state index in [1.54, 1.807) is 0 Å². The zero-order valence-corrected chi connectivity index (χ0v) is 17.4. The Bertz CT molecular complexity index is 327. The first-order chi connectivity index (χ1) is 12.0. The van der Waals surface area contributed by atoms with Crippen molar-refractivity contribution in [2.45, 2.75) is 92.0 Å². The van der Waals surface area contributed by atoms with Crippen LogP contribution in [0.2, 0.25) is 0 Å². The number of rotatable bonds is 6. The van der Waals surface area contributed by atoms with Crippen LogP contribution >= 0.6 is 0 Å². The van der Waals surface area contributed by atoms with Gasteiger partial charge in [0.05, 0.1) is 0 Å². The van der Waals surface area contributed by atoms with Crippen LogP contribution in [-0.2, 0) is 9.59 Å². The van der Waals surface area contributed by atoms with Crippen LogP contribution in [0, 0.1) is 11.3 Å². The van der Waals surface area contributed by atoms with Gasteiger partial charge in [0.25, 0.3) is 0 Å². The lowest BCUT2D eigenvalue weighted by Crippen LogP contribution is -2.42. The molecule has 2 rings (SSSR count). The number of unbranched alkanes of at least 4 members (excludes halogenated alkanes) is 1. The second-order valence-electron chi connectivity index (χ2n) is 7.77. The van der Waals surface area contributed by atoms with Crippen LogP contribution in [0.1, 0.15) is 86.0 Å². The van der Waals surface area contributed by atoms with E-state index in [1.807, 2.05) is 27.7 Å². The third-order valence-electron chi connectivity index (χ3n) is 5.45. The van der Waals surface area contributed by atoms with Crippen LogP contribution in [0.4, 0.5) is 0 Å². The number of likely N-dealkylation sites (tertiary alicyclic amines) is 1. The van der Waals surface area contributed by atoms with Crippen molar-refractivity contribution >= 4 is 12.7 Å². The summed E-state index contributed by atoms with van der Waals surface area (Å²) in [7, 11) is 0. The molecule has 25 heavy (non-hydrogen) atoms. The number of hydrogen-bond acceptors (Lipinski definition) is 3.